The van der Waals surface area contributed by atoms with E-state index in [1.165, 1.54) is 12.8 Å². The van der Waals surface area contributed by atoms with Gasteiger partial charge in [-0.05, 0) is 12.6 Å². The molecule has 2 nitrogen and oxygen atoms in total. The van der Waals surface area contributed by atoms with Gasteiger partial charge < -0.3 is 10.2 Å². The lowest BCUT2D eigenvalue weighted by Crippen LogP contribution is -2.72. The summed E-state index contributed by atoms with van der Waals surface area (Å²) in [5.41, 5.74) is 0. The number of nitrogens with two attached hydrogens (primary N) is 1. The van der Waals surface area contributed by atoms with Gasteiger partial charge in [-0.15, -0.1) is 0 Å². The number of nitrogens with zero attached hydrogens (tertiary/aromatic N) is 1. The summed E-state index contributed by atoms with van der Waals surface area (Å²) in [6.45, 7) is 6.99. The van der Waals surface area contributed by atoms with Crippen LogP contribution in [-0.4, -0.2) is 18.5 Å². The van der Waals surface area contributed by atoms with Crippen molar-refractivity contribution in [2.75, 3.05) is 13.6 Å². The average molecular weight is 155 g/mol. The highest BCUT2D eigenvalue weighted by Gasteiger charge is 1.90. The Balaban J connectivity index is 3.57. The second-order valence-electron chi connectivity index (χ2n) is 2.45. The van der Waals surface area contributed by atoms with Gasteiger partial charge in [-0.25, -0.2) is 0 Å². The minimum atomic E-state index is 1.07. The zero-order chi connectivity index (χ0) is 8.53. The van der Waals surface area contributed by atoms with Crippen LogP contribution in [-0.2, 0) is 0 Å². The Morgan fingerprint density at radius 3 is 2.73 bits per heavy atom. The number of hydrogen-bond donors (Lipinski definition) is 1. The largest absolute Gasteiger partial charge is 0.350 e. The third kappa shape index (κ3) is 5.67. The molecule has 0 atom stereocenters. The van der Waals surface area contributed by atoms with Crippen molar-refractivity contribution in [3.8, 4) is 0 Å². The second-order valence-corrected chi connectivity index (χ2v) is 2.45. The molecular formula is C9H19N2+. The first kappa shape index (κ1) is 10.2. The van der Waals surface area contributed by atoms with Crippen LogP contribution >= 0.6 is 0 Å². The molecule has 0 aliphatic rings. The van der Waals surface area contributed by atoms with Crippen molar-refractivity contribution in [3.05, 3.63) is 25.2 Å². The first-order valence-electron chi connectivity index (χ1n) is 4.19. The lowest BCUT2D eigenvalue weighted by molar-refractivity contribution is -0.557. The van der Waals surface area contributed by atoms with E-state index in [0.717, 1.165) is 6.54 Å². The Labute approximate surface area is 69.6 Å². The van der Waals surface area contributed by atoms with Crippen LogP contribution in [0, 0.1) is 0 Å². The Kier molecular flexibility index (Phi) is 6.84. The summed E-state index contributed by atoms with van der Waals surface area (Å²) in [4.78, 5) is 2.10. The quantitative estimate of drug-likeness (QED) is 0.604. The van der Waals surface area contributed by atoms with E-state index in [1.54, 1.807) is 0 Å². The summed E-state index contributed by atoms with van der Waals surface area (Å²) in [7, 11) is 2.01. The van der Waals surface area contributed by atoms with Gasteiger partial charge in [0.05, 0.1) is 13.2 Å². The highest BCUT2D eigenvalue weighted by atomic mass is 15.1. The molecule has 0 amide bonds. The molecule has 0 aromatic rings. The van der Waals surface area contributed by atoms with Gasteiger partial charge in [-0.1, -0.05) is 19.9 Å². The number of quaternary nitrogens is 1. The van der Waals surface area contributed by atoms with Crippen LogP contribution in [0.4, 0.5) is 0 Å². The molecule has 0 saturated carbocycles. The molecule has 0 aliphatic heterocycles. The van der Waals surface area contributed by atoms with E-state index < -0.39 is 0 Å². The van der Waals surface area contributed by atoms with E-state index >= 15 is 0 Å². The lowest BCUT2D eigenvalue weighted by Gasteiger charge is -2.12. The number of rotatable bonds is 6. The maximum absolute atomic E-state index is 3.73. The van der Waals surface area contributed by atoms with Crippen LogP contribution in [0.25, 0.3) is 0 Å². The molecule has 0 aromatic heterocycles. The Morgan fingerprint density at radius 2 is 2.27 bits per heavy atom. The fourth-order valence-corrected chi connectivity index (χ4v) is 0.764. The maximum Gasteiger partial charge on any atom is 0.109 e. The lowest BCUT2D eigenvalue weighted by atomic mass is 10.3. The van der Waals surface area contributed by atoms with Crippen molar-refractivity contribution in [1.29, 1.82) is 0 Å². The monoisotopic (exact) mass is 155 g/mol. The van der Waals surface area contributed by atoms with Gasteiger partial charge in [0.15, 0.2) is 0 Å². The van der Waals surface area contributed by atoms with Crippen molar-refractivity contribution < 1.29 is 5.32 Å². The van der Waals surface area contributed by atoms with E-state index in [9.17, 15) is 0 Å². The first-order chi connectivity index (χ1) is 5.35. The van der Waals surface area contributed by atoms with E-state index in [0.29, 0.717) is 0 Å². The molecule has 0 aliphatic carbocycles. The van der Waals surface area contributed by atoms with Crippen LogP contribution in [0.1, 0.15) is 19.8 Å². The van der Waals surface area contributed by atoms with Gasteiger partial charge >= 0.3 is 0 Å². The van der Waals surface area contributed by atoms with Crippen molar-refractivity contribution in [3.63, 3.8) is 0 Å². The molecule has 0 heterocycles. The van der Waals surface area contributed by atoms with Gasteiger partial charge in [0.2, 0.25) is 0 Å². The predicted molar refractivity (Wildman–Crippen MR) is 48.8 cm³/mol. The van der Waals surface area contributed by atoms with Gasteiger partial charge in [-0.2, -0.15) is 0 Å². The maximum atomic E-state index is 3.73. The molecule has 0 spiro atoms. The molecule has 0 fully saturated rings. The van der Waals surface area contributed by atoms with Crippen molar-refractivity contribution in [2.45, 2.75) is 19.8 Å². The van der Waals surface area contributed by atoms with Crippen molar-refractivity contribution in [2.24, 2.45) is 0 Å². The molecule has 0 saturated heterocycles. The normalized spacial score (nSPS) is 10.4. The molecule has 2 N–H and O–H groups in total. The molecule has 0 unspecified atom stereocenters. The predicted octanol–water partition coefficient (Wildman–Crippen LogP) is 0.896. The van der Waals surface area contributed by atoms with Gasteiger partial charge in [0.25, 0.3) is 0 Å². The Morgan fingerprint density at radius 1 is 1.55 bits per heavy atom. The zero-order valence-electron chi connectivity index (χ0n) is 7.59. The molecule has 0 aromatic carbocycles. The van der Waals surface area contributed by atoms with E-state index in [4.69, 9.17) is 0 Å². The summed E-state index contributed by atoms with van der Waals surface area (Å²) in [5.74, 6) is 0. The third-order valence-electron chi connectivity index (χ3n) is 1.47. The van der Waals surface area contributed by atoms with Crippen molar-refractivity contribution in [1.82, 2.24) is 4.90 Å². The molecule has 11 heavy (non-hydrogen) atoms. The smallest absolute Gasteiger partial charge is 0.109 e. The topological polar surface area (TPSA) is 19.9 Å². The SMILES string of the molecule is C=CN(/C=C\[NH2+]C)CCCC. The highest BCUT2D eigenvalue weighted by Crippen LogP contribution is 1.94. The standard InChI is InChI=1S/C9H18N2/c1-4-6-8-11(5-2)9-7-10-3/h5,7,9-10H,2,4,6,8H2,1,3H3/p+1/b9-7-. The van der Waals surface area contributed by atoms with E-state index in [2.05, 4.69) is 18.4 Å². The van der Waals surface area contributed by atoms with E-state index in [1.807, 2.05) is 31.0 Å². The fraction of sp³-hybridized carbons (Fsp3) is 0.556. The zero-order valence-corrected chi connectivity index (χ0v) is 7.59. The Bertz CT molecular complexity index is 119. The average Bonchev–Trinajstić information content (AvgIpc) is 2.05. The van der Waals surface area contributed by atoms with Gasteiger partial charge in [0, 0.05) is 6.54 Å². The molecule has 0 radical (unpaired) electrons. The van der Waals surface area contributed by atoms with Crippen molar-refractivity contribution >= 4 is 0 Å². The Hall–Kier alpha value is -0.760. The first-order valence-corrected chi connectivity index (χ1v) is 4.19. The second kappa shape index (κ2) is 7.35. The van der Waals surface area contributed by atoms with Crippen LogP contribution in [0.15, 0.2) is 25.2 Å². The number of unbranched alkanes of at least 4 members (excludes halogenated alkanes) is 1. The minimum absolute atomic E-state index is 1.07. The molecule has 2 heteroatoms. The highest BCUT2D eigenvalue weighted by molar-refractivity contribution is 4.82. The van der Waals surface area contributed by atoms with Crippen LogP contribution < -0.4 is 5.32 Å². The molecular weight excluding hydrogens is 136 g/mol. The summed E-state index contributed by atoms with van der Waals surface area (Å²) in [5, 5.41) is 2.02. The van der Waals surface area contributed by atoms with Crippen LogP contribution in [0.2, 0.25) is 0 Å². The van der Waals surface area contributed by atoms with Gasteiger partial charge in [0.1, 0.15) is 6.20 Å². The summed E-state index contributed by atoms with van der Waals surface area (Å²) in [6, 6.07) is 0. The van der Waals surface area contributed by atoms with Crippen LogP contribution in [0.3, 0.4) is 0 Å². The third-order valence-corrected chi connectivity index (χ3v) is 1.47. The number of hydrogen-bond acceptors (Lipinski definition) is 1. The fourth-order valence-electron chi connectivity index (χ4n) is 0.764. The summed E-state index contributed by atoms with van der Waals surface area (Å²) >= 11 is 0. The van der Waals surface area contributed by atoms with E-state index in [-0.39, 0.29) is 0 Å². The molecule has 0 bridgehead atoms. The summed E-state index contributed by atoms with van der Waals surface area (Å²) in [6.07, 6.45) is 8.38. The summed E-state index contributed by atoms with van der Waals surface area (Å²) < 4.78 is 0. The van der Waals surface area contributed by atoms with Crippen LogP contribution in [0.5, 0.6) is 0 Å². The minimum Gasteiger partial charge on any atom is -0.350 e. The molecule has 64 valence electrons. The van der Waals surface area contributed by atoms with Gasteiger partial charge in [-0.3, -0.25) is 0 Å². The molecule has 0 rings (SSSR count).